The summed E-state index contributed by atoms with van der Waals surface area (Å²) < 4.78 is 4.66. The summed E-state index contributed by atoms with van der Waals surface area (Å²) in [5, 5.41) is 17.1. The Kier molecular flexibility index (Phi) is 3.68. The van der Waals surface area contributed by atoms with Gasteiger partial charge in [-0.2, -0.15) is 0 Å². The molecule has 1 saturated carbocycles. The predicted molar refractivity (Wildman–Crippen MR) is 65.1 cm³/mol. The zero-order chi connectivity index (χ0) is 13.2. The Balaban J connectivity index is 2.14. The number of aryl methyl sites for hydroxylation is 1. The zero-order valence-corrected chi connectivity index (χ0v) is 11.0. The van der Waals surface area contributed by atoms with Gasteiger partial charge in [-0.25, -0.2) is 4.63 Å². The Morgan fingerprint density at radius 1 is 1.44 bits per heavy atom. The average molecular weight is 252 g/mol. The zero-order valence-electron chi connectivity index (χ0n) is 11.0. The number of nitrogens with zero attached hydrogens (tertiary/aromatic N) is 2. The fourth-order valence-electron chi connectivity index (χ4n) is 2.84. The van der Waals surface area contributed by atoms with Gasteiger partial charge in [-0.3, -0.25) is 4.79 Å². The van der Waals surface area contributed by atoms with E-state index < -0.39 is 11.4 Å². The maximum absolute atomic E-state index is 11.6. The van der Waals surface area contributed by atoms with Gasteiger partial charge in [0.15, 0.2) is 0 Å². The molecule has 0 saturated heterocycles. The van der Waals surface area contributed by atoms with Gasteiger partial charge >= 0.3 is 5.97 Å². The van der Waals surface area contributed by atoms with E-state index in [0.717, 1.165) is 32.1 Å². The number of carboxylic acids is 1. The van der Waals surface area contributed by atoms with E-state index in [4.69, 9.17) is 0 Å². The van der Waals surface area contributed by atoms with Gasteiger partial charge in [0.1, 0.15) is 11.4 Å². The van der Waals surface area contributed by atoms with E-state index in [1.165, 1.54) is 0 Å². The van der Waals surface area contributed by atoms with Crippen LogP contribution in [0.15, 0.2) is 4.63 Å². The van der Waals surface area contributed by atoms with Crippen LogP contribution in [0.25, 0.3) is 0 Å². The molecule has 0 bridgehead atoms. The van der Waals surface area contributed by atoms with Crippen molar-refractivity contribution in [1.82, 2.24) is 10.3 Å². The summed E-state index contributed by atoms with van der Waals surface area (Å²) in [5.74, 6) is -0.0338. The summed E-state index contributed by atoms with van der Waals surface area (Å²) in [4.78, 5) is 11.6. The van der Waals surface area contributed by atoms with E-state index in [9.17, 15) is 9.90 Å². The van der Waals surface area contributed by atoms with E-state index in [1.54, 1.807) is 6.92 Å². The molecule has 18 heavy (non-hydrogen) atoms. The van der Waals surface area contributed by atoms with Crippen molar-refractivity contribution >= 4 is 5.97 Å². The van der Waals surface area contributed by atoms with Crippen molar-refractivity contribution in [2.75, 3.05) is 0 Å². The molecule has 0 atom stereocenters. The molecule has 1 aromatic rings. The molecule has 0 radical (unpaired) electrons. The average Bonchev–Trinajstić information content (AvgIpc) is 2.75. The van der Waals surface area contributed by atoms with Crippen molar-refractivity contribution < 1.29 is 14.5 Å². The molecule has 5 nitrogen and oxygen atoms in total. The molecule has 0 amide bonds. The summed E-state index contributed by atoms with van der Waals surface area (Å²) in [6, 6.07) is 0. The van der Waals surface area contributed by atoms with Gasteiger partial charge in [0, 0.05) is 6.42 Å². The molecule has 0 unspecified atom stereocenters. The van der Waals surface area contributed by atoms with E-state index in [2.05, 4.69) is 21.9 Å². The van der Waals surface area contributed by atoms with E-state index in [-0.39, 0.29) is 0 Å². The first kappa shape index (κ1) is 13.1. The lowest BCUT2D eigenvalue weighted by Gasteiger charge is -2.36. The molecule has 1 heterocycles. The summed E-state index contributed by atoms with van der Waals surface area (Å²) >= 11 is 0. The highest BCUT2D eigenvalue weighted by Crippen LogP contribution is 2.42. The van der Waals surface area contributed by atoms with Gasteiger partial charge in [-0.05, 0) is 38.5 Å². The van der Waals surface area contributed by atoms with Crippen molar-refractivity contribution in [1.29, 1.82) is 0 Å². The number of aliphatic carboxylic acids is 1. The monoisotopic (exact) mass is 252 g/mol. The van der Waals surface area contributed by atoms with Gasteiger partial charge in [-0.15, -0.1) is 0 Å². The molecular weight excluding hydrogens is 232 g/mol. The van der Waals surface area contributed by atoms with E-state index in [0.29, 0.717) is 23.7 Å². The third kappa shape index (κ3) is 2.40. The Morgan fingerprint density at radius 3 is 2.56 bits per heavy atom. The van der Waals surface area contributed by atoms with Gasteiger partial charge < -0.3 is 5.11 Å². The third-order valence-electron chi connectivity index (χ3n) is 4.35. The van der Waals surface area contributed by atoms with Gasteiger partial charge in [0.05, 0.1) is 5.41 Å². The minimum atomic E-state index is -0.709. The highest BCUT2D eigenvalue weighted by atomic mass is 16.6. The molecule has 1 aliphatic rings. The lowest BCUT2D eigenvalue weighted by atomic mass is 9.67. The normalized spacial score (nSPS) is 28.2. The minimum Gasteiger partial charge on any atom is -0.481 e. The van der Waals surface area contributed by atoms with E-state index in [1.807, 2.05) is 0 Å². The second-order valence-corrected chi connectivity index (χ2v) is 5.41. The molecule has 5 heteroatoms. The second kappa shape index (κ2) is 5.08. The smallest absolute Gasteiger partial charge is 0.310 e. The first-order valence-corrected chi connectivity index (χ1v) is 6.59. The van der Waals surface area contributed by atoms with Crippen LogP contribution in [0.5, 0.6) is 0 Å². The quantitative estimate of drug-likeness (QED) is 0.891. The van der Waals surface area contributed by atoms with Gasteiger partial charge in [0.25, 0.3) is 0 Å². The maximum atomic E-state index is 11.6. The van der Waals surface area contributed by atoms with Crippen LogP contribution in [-0.2, 0) is 11.2 Å². The highest BCUT2D eigenvalue weighted by molar-refractivity contribution is 5.75. The molecule has 2 rings (SSSR count). The SMILES string of the molecule is CCC1CCC(Cc2nonc2C)(C(=O)O)CC1. The largest absolute Gasteiger partial charge is 0.481 e. The minimum absolute atomic E-state index is 0.439. The van der Waals surface area contributed by atoms with Crippen molar-refractivity contribution in [2.24, 2.45) is 11.3 Å². The number of aromatic nitrogens is 2. The molecule has 1 fully saturated rings. The van der Waals surface area contributed by atoms with Crippen molar-refractivity contribution in [3.05, 3.63) is 11.4 Å². The van der Waals surface area contributed by atoms with Crippen LogP contribution in [0.4, 0.5) is 0 Å². The molecular formula is C13H20N2O3. The Morgan fingerprint density at radius 2 is 2.11 bits per heavy atom. The highest BCUT2D eigenvalue weighted by Gasteiger charge is 2.42. The fraction of sp³-hybridized carbons (Fsp3) is 0.769. The van der Waals surface area contributed by atoms with Gasteiger partial charge in [0.2, 0.25) is 0 Å². The molecule has 0 spiro atoms. The summed E-state index contributed by atoms with van der Waals surface area (Å²) in [5.41, 5.74) is 0.718. The molecule has 0 aromatic carbocycles. The Bertz CT molecular complexity index is 420. The van der Waals surface area contributed by atoms with Crippen molar-refractivity contribution in [2.45, 2.75) is 52.4 Å². The van der Waals surface area contributed by atoms with E-state index >= 15 is 0 Å². The molecule has 1 N–H and O–H groups in total. The van der Waals surface area contributed by atoms with Crippen LogP contribution < -0.4 is 0 Å². The summed E-state index contributed by atoms with van der Waals surface area (Å²) in [7, 11) is 0. The van der Waals surface area contributed by atoms with Crippen LogP contribution in [0, 0.1) is 18.3 Å². The van der Waals surface area contributed by atoms with Crippen molar-refractivity contribution in [3.63, 3.8) is 0 Å². The van der Waals surface area contributed by atoms with Crippen molar-refractivity contribution in [3.8, 4) is 0 Å². The third-order valence-corrected chi connectivity index (χ3v) is 4.35. The van der Waals surface area contributed by atoms with Crippen LogP contribution in [-0.4, -0.2) is 21.4 Å². The number of rotatable bonds is 4. The molecule has 1 aliphatic carbocycles. The summed E-state index contributed by atoms with van der Waals surface area (Å²) in [6.07, 6.45) is 5.02. The Hall–Kier alpha value is -1.39. The van der Waals surface area contributed by atoms with Crippen LogP contribution >= 0.6 is 0 Å². The number of carboxylic acid groups (broad SMARTS) is 1. The predicted octanol–water partition coefficient (Wildman–Crippen LogP) is 2.59. The van der Waals surface area contributed by atoms with Crippen LogP contribution in [0.2, 0.25) is 0 Å². The number of hydrogen-bond donors (Lipinski definition) is 1. The second-order valence-electron chi connectivity index (χ2n) is 5.41. The lowest BCUT2D eigenvalue weighted by Crippen LogP contribution is -2.37. The Labute approximate surface area is 107 Å². The molecule has 100 valence electrons. The van der Waals surface area contributed by atoms with Crippen LogP contribution in [0.3, 0.4) is 0 Å². The number of carbonyl (C=O) groups is 1. The number of hydrogen-bond acceptors (Lipinski definition) is 4. The maximum Gasteiger partial charge on any atom is 0.310 e. The van der Waals surface area contributed by atoms with Crippen LogP contribution in [0.1, 0.15) is 50.4 Å². The molecule has 1 aromatic heterocycles. The standard InChI is InChI=1S/C13H20N2O3/c1-3-10-4-6-13(7-5-10,12(16)17)8-11-9(2)14-18-15-11/h10H,3-8H2,1-2H3,(H,16,17). The first-order chi connectivity index (χ1) is 8.57. The first-order valence-electron chi connectivity index (χ1n) is 6.59. The fourth-order valence-corrected chi connectivity index (χ4v) is 2.84. The topological polar surface area (TPSA) is 76.2 Å². The van der Waals surface area contributed by atoms with Gasteiger partial charge in [-0.1, -0.05) is 23.7 Å². The molecule has 0 aliphatic heterocycles. The lowest BCUT2D eigenvalue weighted by molar-refractivity contribution is -0.151. The summed E-state index contributed by atoms with van der Waals surface area (Å²) in [6.45, 7) is 3.98.